The fraction of sp³-hybridized carbons (Fsp3) is 0.600. The third kappa shape index (κ3) is 5.21. The van der Waals surface area contributed by atoms with E-state index >= 15 is 0 Å². The molecule has 1 saturated heterocycles. The van der Waals surface area contributed by atoms with Crippen molar-refractivity contribution < 1.29 is 4.39 Å². The summed E-state index contributed by atoms with van der Waals surface area (Å²) in [7, 11) is 1.89. The third-order valence-corrected chi connectivity index (χ3v) is 7.07. The van der Waals surface area contributed by atoms with E-state index in [1.54, 1.807) is 6.33 Å². The quantitative estimate of drug-likeness (QED) is 0.579. The van der Waals surface area contributed by atoms with Crippen molar-refractivity contribution in [2.24, 2.45) is 5.41 Å². The summed E-state index contributed by atoms with van der Waals surface area (Å²) in [5.41, 5.74) is 9.44. The molecule has 1 aliphatic carbocycles. The number of hydrogen-bond acceptors (Lipinski definition) is 6. The topological polar surface area (TPSA) is 70.3 Å². The van der Waals surface area contributed by atoms with Gasteiger partial charge in [0, 0.05) is 37.9 Å². The molecule has 0 amide bonds. The largest absolute Gasteiger partial charge is 0.398 e. The van der Waals surface area contributed by atoms with Crippen LogP contribution in [0, 0.1) is 11.2 Å². The summed E-state index contributed by atoms with van der Waals surface area (Å²) in [5.74, 6) is 0.732. The zero-order chi connectivity index (χ0) is 22.7. The maximum absolute atomic E-state index is 14.6. The van der Waals surface area contributed by atoms with Gasteiger partial charge in [0.2, 0.25) is 0 Å². The number of nitrogens with zero attached hydrogens (tertiary/aromatic N) is 4. The fourth-order valence-corrected chi connectivity index (χ4v) is 4.63. The van der Waals surface area contributed by atoms with Crippen LogP contribution in [-0.2, 0) is 6.42 Å². The van der Waals surface area contributed by atoms with E-state index in [1.807, 2.05) is 19.2 Å². The van der Waals surface area contributed by atoms with Crippen LogP contribution in [0.1, 0.15) is 62.4 Å². The molecule has 6 nitrogen and oxygen atoms in total. The Kier molecular flexibility index (Phi) is 6.96. The molecule has 1 aromatic carbocycles. The van der Waals surface area contributed by atoms with E-state index < -0.39 is 0 Å². The van der Waals surface area contributed by atoms with E-state index in [0.717, 1.165) is 68.1 Å². The van der Waals surface area contributed by atoms with Crippen molar-refractivity contribution in [1.29, 1.82) is 0 Å². The number of rotatable bonds is 9. The zero-order valence-electron chi connectivity index (χ0n) is 19.7. The highest BCUT2D eigenvalue weighted by Gasteiger charge is 2.38. The van der Waals surface area contributed by atoms with Gasteiger partial charge in [0.15, 0.2) is 0 Å². The smallest absolute Gasteiger partial charge is 0.132 e. The molecule has 0 spiro atoms. The predicted octanol–water partition coefficient (Wildman–Crippen LogP) is 3.77. The second-order valence-electron chi connectivity index (χ2n) is 9.76. The molecule has 1 unspecified atom stereocenters. The van der Waals surface area contributed by atoms with Gasteiger partial charge in [-0.15, -0.1) is 0 Å². The first-order chi connectivity index (χ1) is 15.4. The highest BCUT2D eigenvalue weighted by atomic mass is 19.1. The van der Waals surface area contributed by atoms with Crippen molar-refractivity contribution >= 4 is 11.5 Å². The Morgan fingerprint density at radius 2 is 1.91 bits per heavy atom. The Bertz CT molecular complexity index is 921. The average molecular weight is 441 g/mol. The van der Waals surface area contributed by atoms with Crippen molar-refractivity contribution in [3.63, 3.8) is 0 Å². The van der Waals surface area contributed by atoms with Crippen molar-refractivity contribution in [2.45, 2.75) is 52.0 Å². The Balaban J connectivity index is 1.53. The molecular formula is C25H37FN6. The molecule has 1 saturated carbocycles. The lowest BCUT2D eigenvalue weighted by molar-refractivity contribution is 0.253. The fourth-order valence-electron chi connectivity index (χ4n) is 4.63. The molecule has 1 atom stereocenters. The van der Waals surface area contributed by atoms with Gasteiger partial charge in [-0.2, -0.15) is 0 Å². The van der Waals surface area contributed by atoms with Gasteiger partial charge in [-0.3, -0.25) is 4.90 Å². The number of hydrogen-bond donors (Lipinski definition) is 2. The lowest BCUT2D eigenvalue weighted by Crippen LogP contribution is -2.47. The second-order valence-corrected chi connectivity index (χ2v) is 9.76. The van der Waals surface area contributed by atoms with Gasteiger partial charge in [0.25, 0.3) is 0 Å². The molecule has 3 N–H and O–H groups in total. The van der Waals surface area contributed by atoms with Gasteiger partial charge in [-0.25, -0.2) is 14.4 Å². The van der Waals surface area contributed by atoms with E-state index in [4.69, 9.17) is 5.73 Å². The molecule has 0 bridgehead atoms. The minimum Gasteiger partial charge on any atom is -0.398 e. The Morgan fingerprint density at radius 3 is 2.56 bits per heavy atom. The molecule has 2 fully saturated rings. The average Bonchev–Trinajstić information content (AvgIpc) is 3.53. The Morgan fingerprint density at radius 1 is 1.16 bits per heavy atom. The predicted molar refractivity (Wildman–Crippen MR) is 128 cm³/mol. The lowest BCUT2D eigenvalue weighted by atomic mass is 9.93. The minimum absolute atomic E-state index is 0.210. The number of nitrogens with two attached hydrogens (primary N) is 1. The van der Waals surface area contributed by atoms with Gasteiger partial charge in [0.1, 0.15) is 18.0 Å². The van der Waals surface area contributed by atoms with E-state index in [9.17, 15) is 4.39 Å². The number of benzene rings is 1. The van der Waals surface area contributed by atoms with Crippen LogP contribution >= 0.6 is 0 Å². The summed E-state index contributed by atoms with van der Waals surface area (Å²) < 4.78 is 14.6. The van der Waals surface area contributed by atoms with Crippen molar-refractivity contribution in [3.8, 4) is 0 Å². The van der Waals surface area contributed by atoms with Crippen LogP contribution in [-0.4, -0.2) is 54.6 Å². The molecule has 32 heavy (non-hydrogen) atoms. The molecule has 7 heteroatoms. The van der Waals surface area contributed by atoms with Crippen LogP contribution in [0.3, 0.4) is 0 Å². The van der Waals surface area contributed by atoms with Crippen LogP contribution in [0.5, 0.6) is 0 Å². The standard InChI is InChI=1S/C25H37FN6/c1-4-5-8-31-9-11-32(12-10-31)23-15-22(29-17-30-23)24(28-3)19-13-18(16-25(2)6-7-25)20(26)14-21(19)27/h13-15,17,24,28H,4-12,16,27H2,1-3H3. The molecule has 2 aromatic rings. The maximum atomic E-state index is 14.6. The summed E-state index contributed by atoms with van der Waals surface area (Å²) in [6.07, 6.45) is 7.17. The maximum Gasteiger partial charge on any atom is 0.132 e. The number of unbranched alkanes of at least 4 members (excludes halogenated alkanes) is 1. The van der Waals surface area contributed by atoms with Gasteiger partial charge < -0.3 is 16.0 Å². The molecule has 0 radical (unpaired) electrons. The molecular weight excluding hydrogens is 403 g/mol. The first kappa shape index (κ1) is 22.9. The molecule has 4 rings (SSSR count). The first-order valence-electron chi connectivity index (χ1n) is 12.0. The number of nitrogen functional groups attached to an aromatic ring is 1. The lowest BCUT2D eigenvalue weighted by Gasteiger charge is -2.35. The summed E-state index contributed by atoms with van der Waals surface area (Å²) in [6, 6.07) is 5.24. The van der Waals surface area contributed by atoms with Gasteiger partial charge >= 0.3 is 0 Å². The normalized spacial score (nSPS) is 19.2. The summed E-state index contributed by atoms with van der Waals surface area (Å²) in [4.78, 5) is 14.0. The second kappa shape index (κ2) is 9.71. The van der Waals surface area contributed by atoms with E-state index in [0.29, 0.717) is 5.69 Å². The van der Waals surface area contributed by atoms with Crippen LogP contribution in [0.25, 0.3) is 0 Å². The number of anilines is 2. The van der Waals surface area contributed by atoms with Crippen LogP contribution in [0.4, 0.5) is 15.9 Å². The van der Waals surface area contributed by atoms with Crippen LogP contribution in [0.15, 0.2) is 24.5 Å². The van der Waals surface area contributed by atoms with Crippen molar-refractivity contribution in [2.75, 3.05) is 50.4 Å². The number of piperazine rings is 1. The van der Waals surface area contributed by atoms with E-state index in [-0.39, 0.29) is 17.3 Å². The van der Waals surface area contributed by atoms with Crippen LogP contribution < -0.4 is 16.0 Å². The Labute approximate surface area is 191 Å². The molecule has 2 aliphatic rings. The zero-order valence-corrected chi connectivity index (χ0v) is 19.7. The van der Waals surface area contributed by atoms with Gasteiger partial charge in [-0.1, -0.05) is 20.3 Å². The summed E-state index contributed by atoms with van der Waals surface area (Å²) >= 11 is 0. The molecule has 1 aliphatic heterocycles. The first-order valence-corrected chi connectivity index (χ1v) is 12.0. The number of aromatic nitrogens is 2. The van der Waals surface area contributed by atoms with Crippen LogP contribution in [0.2, 0.25) is 0 Å². The van der Waals surface area contributed by atoms with Gasteiger partial charge in [-0.05, 0) is 68.0 Å². The van der Waals surface area contributed by atoms with Gasteiger partial charge in [0.05, 0.1) is 11.7 Å². The highest BCUT2D eigenvalue weighted by Crippen LogP contribution is 2.48. The Hall–Kier alpha value is -2.25. The van der Waals surface area contributed by atoms with E-state index in [2.05, 4.69) is 38.9 Å². The summed E-state index contributed by atoms with van der Waals surface area (Å²) in [5, 5.41) is 3.34. The number of halogens is 1. The number of nitrogens with one attached hydrogen (secondary N) is 1. The summed E-state index contributed by atoms with van der Waals surface area (Å²) in [6.45, 7) is 9.67. The third-order valence-electron chi connectivity index (χ3n) is 7.07. The van der Waals surface area contributed by atoms with E-state index in [1.165, 1.54) is 25.5 Å². The monoisotopic (exact) mass is 440 g/mol. The van der Waals surface area contributed by atoms with Crippen molar-refractivity contribution in [1.82, 2.24) is 20.2 Å². The SMILES string of the molecule is CCCCN1CCN(c2cc(C(NC)c3cc(CC4(C)CC4)c(F)cc3N)ncn2)CC1. The minimum atomic E-state index is -0.214. The molecule has 174 valence electrons. The molecule has 1 aromatic heterocycles. The molecule has 2 heterocycles. The van der Waals surface area contributed by atoms with Crippen molar-refractivity contribution in [3.05, 3.63) is 47.2 Å². The highest BCUT2D eigenvalue weighted by molar-refractivity contribution is 5.54.